The third-order valence-electron chi connectivity index (χ3n) is 3.03. The van der Waals surface area contributed by atoms with Crippen molar-refractivity contribution in [2.45, 2.75) is 13.3 Å². The fraction of sp³-hybridized carbons (Fsp3) is 0.385. The van der Waals surface area contributed by atoms with Gasteiger partial charge in [-0.25, -0.2) is 0 Å². The highest BCUT2D eigenvalue weighted by Gasteiger charge is 2.13. The van der Waals surface area contributed by atoms with Crippen molar-refractivity contribution in [2.24, 2.45) is 7.05 Å². The molecule has 0 aliphatic heterocycles. The van der Waals surface area contributed by atoms with Crippen molar-refractivity contribution < 1.29 is 0 Å². The van der Waals surface area contributed by atoms with Crippen LogP contribution in [0, 0.1) is 6.92 Å². The predicted octanol–water partition coefficient (Wildman–Crippen LogP) is 1.38. The molecule has 2 aromatic heterocycles. The van der Waals surface area contributed by atoms with E-state index in [0.717, 1.165) is 35.9 Å². The van der Waals surface area contributed by atoms with Crippen LogP contribution in [0.2, 0.25) is 0 Å². The van der Waals surface area contributed by atoms with E-state index < -0.39 is 0 Å². The first-order valence-electron chi connectivity index (χ1n) is 5.99. The fourth-order valence-corrected chi connectivity index (χ4v) is 2.05. The number of likely N-dealkylation sites (N-methyl/N-ethyl adjacent to an activating group) is 1. The molecule has 0 aromatic carbocycles. The molecule has 0 unspecified atom stereocenters. The third-order valence-corrected chi connectivity index (χ3v) is 3.03. The number of aryl methyl sites for hydroxylation is 2. The lowest BCUT2D eigenvalue weighted by atomic mass is 10.2. The zero-order valence-corrected chi connectivity index (χ0v) is 11.1. The fourth-order valence-electron chi connectivity index (χ4n) is 2.05. The second kappa shape index (κ2) is 5.08. The van der Waals surface area contributed by atoms with Crippen LogP contribution < -0.4 is 10.6 Å². The molecule has 0 saturated carbocycles. The van der Waals surface area contributed by atoms with Gasteiger partial charge in [-0.2, -0.15) is 5.10 Å². The van der Waals surface area contributed by atoms with Crippen molar-refractivity contribution in [1.29, 1.82) is 0 Å². The van der Waals surface area contributed by atoms with Crippen LogP contribution in [0.4, 0.5) is 11.5 Å². The highest BCUT2D eigenvalue weighted by molar-refractivity contribution is 5.65. The van der Waals surface area contributed by atoms with E-state index in [0.29, 0.717) is 0 Å². The molecule has 2 heterocycles. The first kappa shape index (κ1) is 12.4. The van der Waals surface area contributed by atoms with Crippen molar-refractivity contribution in [3.05, 3.63) is 35.8 Å². The van der Waals surface area contributed by atoms with E-state index in [9.17, 15) is 0 Å². The molecule has 0 spiro atoms. The number of nitrogens with zero attached hydrogens (tertiary/aromatic N) is 4. The van der Waals surface area contributed by atoms with E-state index in [-0.39, 0.29) is 0 Å². The van der Waals surface area contributed by atoms with Crippen LogP contribution in [0.1, 0.15) is 11.4 Å². The van der Waals surface area contributed by atoms with Gasteiger partial charge in [-0.3, -0.25) is 9.67 Å². The molecular formula is C13H19N5. The molecule has 0 aliphatic rings. The zero-order chi connectivity index (χ0) is 13.1. The SMILES string of the molecule is Cc1nn(C)c(N(C)CCc2ccccn2)c1N. The Bertz CT molecular complexity index is 518. The van der Waals surface area contributed by atoms with Crippen LogP contribution in [-0.2, 0) is 13.5 Å². The van der Waals surface area contributed by atoms with Crippen LogP contribution in [0.25, 0.3) is 0 Å². The molecule has 0 aliphatic carbocycles. The van der Waals surface area contributed by atoms with Crippen LogP contribution in [0.3, 0.4) is 0 Å². The van der Waals surface area contributed by atoms with Crippen molar-refractivity contribution in [1.82, 2.24) is 14.8 Å². The summed E-state index contributed by atoms with van der Waals surface area (Å²) in [6.45, 7) is 2.78. The maximum Gasteiger partial charge on any atom is 0.150 e. The van der Waals surface area contributed by atoms with Crippen molar-refractivity contribution >= 4 is 11.5 Å². The Hall–Kier alpha value is -2.04. The van der Waals surface area contributed by atoms with E-state index in [1.54, 1.807) is 0 Å². The Morgan fingerprint density at radius 3 is 2.72 bits per heavy atom. The molecule has 5 nitrogen and oxygen atoms in total. The monoisotopic (exact) mass is 245 g/mol. The number of anilines is 2. The van der Waals surface area contributed by atoms with Gasteiger partial charge in [0, 0.05) is 39.0 Å². The topological polar surface area (TPSA) is 60.0 Å². The molecule has 0 radical (unpaired) electrons. The van der Waals surface area contributed by atoms with E-state index in [2.05, 4.69) is 15.0 Å². The van der Waals surface area contributed by atoms with Gasteiger partial charge in [-0.1, -0.05) is 6.07 Å². The quantitative estimate of drug-likeness (QED) is 0.884. The van der Waals surface area contributed by atoms with E-state index in [1.807, 2.05) is 50.1 Å². The summed E-state index contributed by atoms with van der Waals surface area (Å²) in [7, 11) is 3.94. The first-order valence-corrected chi connectivity index (χ1v) is 5.99. The van der Waals surface area contributed by atoms with E-state index >= 15 is 0 Å². The Morgan fingerprint density at radius 1 is 1.39 bits per heavy atom. The Balaban J connectivity index is 2.06. The summed E-state index contributed by atoms with van der Waals surface area (Å²) in [5.74, 6) is 0.962. The third kappa shape index (κ3) is 2.45. The predicted molar refractivity (Wildman–Crippen MR) is 73.6 cm³/mol. The Labute approximate surface area is 107 Å². The number of nitrogens with two attached hydrogens (primary N) is 1. The molecule has 18 heavy (non-hydrogen) atoms. The minimum Gasteiger partial charge on any atom is -0.394 e. The second-order valence-electron chi connectivity index (χ2n) is 4.44. The molecule has 2 rings (SSSR count). The molecule has 0 amide bonds. The average Bonchev–Trinajstić information content (AvgIpc) is 2.62. The number of rotatable bonds is 4. The normalized spacial score (nSPS) is 10.6. The lowest BCUT2D eigenvalue weighted by molar-refractivity contribution is 0.722. The van der Waals surface area contributed by atoms with Crippen molar-refractivity contribution in [3.63, 3.8) is 0 Å². The summed E-state index contributed by atoms with van der Waals surface area (Å²) >= 11 is 0. The minimum atomic E-state index is 0.751. The molecule has 2 N–H and O–H groups in total. The van der Waals surface area contributed by atoms with Crippen molar-refractivity contribution in [2.75, 3.05) is 24.2 Å². The smallest absolute Gasteiger partial charge is 0.150 e. The first-order chi connectivity index (χ1) is 8.59. The van der Waals surface area contributed by atoms with Crippen LogP contribution in [0.15, 0.2) is 24.4 Å². The van der Waals surface area contributed by atoms with Crippen LogP contribution in [0.5, 0.6) is 0 Å². The second-order valence-corrected chi connectivity index (χ2v) is 4.44. The van der Waals surface area contributed by atoms with Gasteiger partial charge in [0.1, 0.15) is 5.82 Å². The van der Waals surface area contributed by atoms with Crippen LogP contribution >= 0.6 is 0 Å². The van der Waals surface area contributed by atoms with Gasteiger partial charge in [0.15, 0.2) is 0 Å². The summed E-state index contributed by atoms with van der Waals surface area (Å²) in [5, 5.41) is 4.32. The Kier molecular flexibility index (Phi) is 3.50. The Morgan fingerprint density at radius 2 is 2.17 bits per heavy atom. The minimum absolute atomic E-state index is 0.751. The molecule has 0 fully saturated rings. The van der Waals surface area contributed by atoms with E-state index in [4.69, 9.17) is 5.73 Å². The summed E-state index contributed by atoms with van der Waals surface area (Å²) in [5.41, 5.74) is 8.74. The number of aromatic nitrogens is 3. The molecule has 0 saturated heterocycles. The highest BCUT2D eigenvalue weighted by Crippen LogP contribution is 2.24. The molecular weight excluding hydrogens is 226 g/mol. The lowest BCUT2D eigenvalue weighted by Crippen LogP contribution is -2.24. The molecule has 2 aromatic rings. The standard InChI is InChI=1S/C13H19N5/c1-10-12(14)13(18(3)16-10)17(2)9-7-11-6-4-5-8-15-11/h4-6,8H,7,9,14H2,1-3H3. The van der Waals surface area contributed by atoms with Gasteiger partial charge < -0.3 is 10.6 Å². The summed E-state index contributed by atoms with van der Waals surface area (Å²) in [4.78, 5) is 6.43. The number of pyridine rings is 1. The zero-order valence-electron chi connectivity index (χ0n) is 11.1. The molecule has 96 valence electrons. The number of nitrogen functional groups attached to an aromatic ring is 1. The van der Waals surface area contributed by atoms with Crippen molar-refractivity contribution in [3.8, 4) is 0 Å². The summed E-state index contributed by atoms with van der Waals surface area (Å²) < 4.78 is 1.82. The lowest BCUT2D eigenvalue weighted by Gasteiger charge is -2.19. The van der Waals surface area contributed by atoms with Gasteiger partial charge in [0.25, 0.3) is 0 Å². The average molecular weight is 245 g/mol. The van der Waals surface area contributed by atoms with Gasteiger partial charge in [-0.15, -0.1) is 0 Å². The van der Waals surface area contributed by atoms with Gasteiger partial charge in [-0.05, 0) is 19.1 Å². The van der Waals surface area contributed by atoms with Gasteiger partial charge in [0.05, 0.1) is 11.4 Å². The van der Waals surface area contributed by atoms with Gasteiger partial charge in [0.2, 0.25) is 0 Å². The molecule has 0 atom stereocenters. The highest BCUT2D eigenvalue weighted by atomic mass is 15.4. The van der Waals surface area contributed by atoms with E-state index in [1.165, 1.54) is 0 Å². The maximum absolute atomic E-state index is 6.03. The number of hydrogen-bond donors (Lipinski definition) is 1. The largest absolute Gasteiger partial charge is 0.394 e. The summed E-state index contributed by atoms with van der Waals surface area (Å²) in [6.07, 6.45) is 2.71. The van der Waals surface area contributed by atoms with Crippen LogP contribution in [-0.4, -0.2) is 28.4 Å². The maximum atomic E-state index is 6.03. The molecule has 0 bridgehead atoms. The van der Waals surface area contributed by atoms with Gasteiger partial charge >= 0.3 is 0 Å². The summed E-state index contributed by atoms with van der Waals surface area (Å²) in [6, 6.07) is 5.96. The molecule has 5 heteroatoms. The number of hydrogen-bond acceptors (Lipinski definition) is 4.